The second kappa shape index (κ2) is 3.89. The Hall–Kier alpha value is -1.57. The lowest BCUT2D eigenvalue weighted by atomic mass is 10.1. The lowest BCUT2D eigenvalue weighted by Gasteiger charge is -2.32. The number of para-hydroxylation sites is 1. The van der Waals surface area contributed by atoms with Crippen molar-refractivity contribution in [3.63, 3.8) is 0 Å². The molecule has 0 bridgehead atoms. The summed E-state index contributed by atoms with van der Waals surface area (Å²) in [5.74, 6) is -0.174. The van der Waals surface area contributed by atoms with Crippen LogP contribution in [-0.2, 0) is 0 Å². The molecule has 0 spiro atoms. The van der Waals surface area contributed by atoms with Gasteiger partial charge in [-0.05, 0) is 32.1 Å². The Morgan fingerprint density at radius 2 is 2.00 bits per heavy atom. The third-order valence-corrected chi connectivity index (χ3v) is 2.63. The molecule has 0 aliphatic carbocycles. The van der Waals surface area contributed by atoms with Gasteiger partial charge in [0, 0.05) is 11.7 Å². The maximum absolute atomic E-state index is 13.6. The summed E-state index contributed by atoms with van der Waals surface area (Å²) < 4.78 is 13.6. The molecule has 0 N–H and O–H groups in total. The second-order valence-electron chi connectivity index (χ2n) is 3.75. The molecule has 0 saturated heterocycles. The lowest BCUT2D eigenvalue weighted by molar-refractivity contribution is 0.618. The molecule has 1 atom stereocenters. The molecule has 0 fully saturated rings. The van der Waals surface area contributed by atoms with E-state index in [1.165, 1.54) is 6.07 Å². The predicted molar refractivity (Wildman–Crippen MR) is 61.2 cm³/mol. The first kappa shape index (κ1) is 9.97. The van der Waals surface area contributed by atoms with Crippen LogP contribution in [0.3, 0.4) is 0 Å². The van der Waals surface area contributed by atoms with Crippen molar-refractivity contribution in [1.29, 1.82) is 0 Å². The number of rotatable bonds is 1. The van der Waals surface area contributed by atoms with Crippen LogP contribution < -0.4 is 4.90 Å². The van der Waals surface area contributed by atoms with Crippen LogP contribution in [0.1, 0.15) is 13.8 Å². The highest BCUT2D eigenvalue weighted by Crippen LogP contribution is 2.27. The van der Waals surface area contributed by atoms with E-state index in [-0.39, 0.29) is 11.9 Å². The van der Waals surface area contributed by atoms with E-state index < -0.39 is 0 Å². The number of anilines is 1. The minimum atomic E-state index is -0.174. The van der Waals surface area contributed by atoms with Crippen LogP contribution in [0.2, 0.25) is 0 Å². The lowest BCUT2D eigenvalue weighted by Crippen LogP contribution is -2.32. The number of nitrogens with zero attached hydrogens (tertiary/aromatic N) is 1. The number of halogens is 1. The minimum absolute atomic E-state index is 0.174. The van der Waals surface area contributed by atoms with Crippen molar-refractivity contribution in [1.82, 2.24) is 0 Å². The van der Waals surface area contributed by atoms with E-state index in [1.807, 2.05) is 36.1 Å². The fourth-order valence-electron chi connectivity index (χ4n) is 1.90. The van der Waals surface area contributed by atoms with Crippen LogP contribution in [0.25, 0.3) is 0 Å². The molecule has 1 aliphatic heterocycles. The Morgan fingerprint density at radius 3 is 2.67 bits per heavy atom. The van der Waals surface area contributed by atoms with Crippen LogP contribution in [0.5, 0.6) is 0 Å². The predicted octanol–water partition coefficient (Wildman–Crippen LogP) is 3.49. The number of benzene rings is 1. The molecule has 0 radical (unpaired) electrons. The summed E-state index contributed by atoms with van der Waals surface area (Å²) >= 11 is 0. The Kier molecular flexibility index (Phi) is 2.58. The SMILES string of the molecule is CC1=CC=CC(C)N1c1ccccc1F. The fraction of sp³-hybridized carbons (Fsp3) is 0.231. The van der Waals surface area contributed by atoms with Gasteiger partial charge in [0.1, 0.15) is 5.82 Å². The first-order chi connectivity index (χ1) is 7.20. The van der Waals surface area contributed by atoms with Gasteiger partial charge in [0.2, 0.25) is 0 Å². The molecule has 15 heavy (non-hydrogen) atoms. The van der Waals surface area contributed by atoms with E-state index >= 15 is 0 Å². The average Bonchev–Trinajstić information content (AvgIpc) is 2.20. The molecule has 1 aromatic rings. The summed E-state index contributed by atoms with van der Waals surface area (Å²) in [5, 5.41) is 0. The first-order valence-electron chi connectivity index (χ1n) is 5.09. The van der Waals surface area contributed by atoms with Gasteiger partial charge in [0.05, 0.1) is 5.69 Å². The number of hydrogen-bond donors (Lipinski definition) is 0. The van der Waals surface area contributed by atoms with Crippen molar-refractivity contribution in [3.05, 3.63) is 54.0 Å². The van der Waals surface area contributed by atoms with E-state index in [9.17, 15) is 4.39 Å². The summed E-state index contributed by atoms with van der Waals surface area (Å²) in [6.45, 7) is 4.05. The number of hydrogen-bond acceptors (Lipinski definition) is 1. The van der Waals surface area contributed by atoms with Crippen molar-refractivity contribution < 1.29 is 4.39 Å². The second-order valence-corrected chi connectivity index (χ2v) is 3.75. The van der Waals surface area contributed by atoms with Gasteiger partial charge in [-0.15, -0.1) is 0 Å². The molecule has 0 saturated carbocycles. The quantitative estimate of drug-likeness (QED) is 0.675. The summed E-state index contributed by atoms with van der Waals surface area (Å²) in [4.78, 5) is 2.00. The Labute approximate surface area is 89.5 Å². The monoisotopic (exact) mass is 203 g/mol. The topological polar surface area (TPSA) is 3.24 Å². The molecule has 0 aromatic heterocycles. The smallest absolute Gasteiger partial charge is 0.146 e. The molecule has 0 amide bonds. The normalized spacial score (nSPS) is 20.3. The molecule has 1 aliphatic rings. The Morgan fingerprint density at radius 1 is 1.27 bits per heavy atom. The van der Waals surface area contributed by atoms with Gasteiger partial charge in [0.15, 0.2) is 0 Å². The molecule has 1 nitrogen and oxygen atoms in total. The first-order valence-corrected chi connectivity index (χ1v) is 5.09. The summed E-state index contributed by atoms with van der Waals surface area (Å²) in [6.07, 6.45) is 6.06. The maximum atomic E-state index is 13.6. The van der Waals surface area contributed by atoms with E-state index in [4.69, 9.17) is 0 Å². The summed E-state index contributed by atoms with van der Waals surface area (Å²) in [7, 11) is 0. The molecule has 2 heteroatoms. The molecule has 2 rings (SSSR count). The van der Waals surface area contributed by atoms with E-state index in [2.05, 4.69) is 13.0 Å². The zero-order valence-electron chi connectivity index (χ0n) is 8.94. The molecular weight excluding hydrogens is 189 g/mol. The summed E-state index contributed by atoms with van der Waals surface area (Å²) in [5.41, 5.74) is 1.71. The van der Waals surface area contributed by atoms with E-state index in [0.717, 1.165) is 5.70 Å². The minimum Gasteiger partial charge on any atom is -0.336 e. The molecule has 1 heterocycles. The van der Waals surface area contributed by atoms with Crippen molar-refractivity contribution in [3.8, 4) is 0 Å². The van der Waals surface area contributed by atoms with Crippen molar-refractivity contribution in [2.45, 2.75) is 19.9 Å². The van der Waals surface area contributed by atoms with Gasteiger partial charge in [-0.2, -0.15) is 0 Å². The van der Waals surface area contributed by atoms with Gasteiger partial charge in [-0.1, -0.05) is 24.3 Å². The third-order valence-electron chi connectivity index (χ3n) is 2.63. The van der Waals surface area contributed by atoms with Gasteiger partial charge >= 0.3 is 0 Å². The van der Waals surface area contributed by atoms with E-state index in [1.54, 1.807) is 6.07 Å². The standard InChI is InChI=1S/C13H14FN/c1-10-6-5-7-11(2)15(10)13-9-4-3-8-12(13)14/h3-10H,1-2H3. The highest BCUT2D eigenvalue weighted by Gasteiger charge is 2.18. The molecule has 1 aromatic carbocycles. The van der Waals surface area contributed by atoms with Crippen LogP contribution in [-0.4, -0.2) is 6.04 Å². The van der Waals surface area contributed by atoms with Gasteiger partial charge in [-0.3, -0.25) is 0 Å². The molecule has 1 unspecified atom stereocenters. The van der Waals surface area contributed by atoms with Crippen molar-refractivity contribution in [2.24, 2.45) is 0 Å². The van der Waals surface area contributed by atoms with Gasteiger partial charge in [-0.25, -0.2) is 4.39 Å². The van der Waals surface area contributed by atoms with Crippen molar-refractivity contribution >= 4 is 5.69 Å². The Balaban J connectivity index is 2.43. The van der Waals surface area contributed by atoms with Crippen LogP contribution >= 0.6 is 0 Å². The zero-order chi connectivity index (χ0) is 10.8. The molecule has 78 valence electrons. The van der Waals surface area contributed by atoms with E-state index in [0.29, 0.717) is 5.69 Å². The Bertz CT molecular complexity index is 420. The largest absolute Gasteiger partial charge is 0.336 e. The van der Waals surface area contributed by atoms with Crippen LogP contribution in [0, 0.1) is 5.82 Å². The van der Waals surface area contributed by atoms with Gasteiger partial charge < -0.3 is 4.90 Å². The van der Waals surface area contributed by atoms with Crippen LogP contribution in [0.15, 0.2) is 48.2 Å². The molecular formula is C13H14FN. The highest BCUT2D eigenvalue weighted by atomic mass is 19.1. The third kappa shape index (κ3) is 1.80. The highest BCUT2D eigenvalue weighted by molar-refractivity contribution is 5.56. The maximum Gasteiger partial charge on any atom is 0.146 e. The zero-order valence-corrected chi connectivity index (χ0v) is 8.94. The summed E-state index contributed by atoms with van der Waals surface area (Å²) in [6, 6.07) is 7.07. The average molecular weight is 203 g/mol. The van der Waals surface area contributed by atoms with Crippen LogP contribution in [0.4, 0.5) is 10.1 Å². The fourth-order valence-corrected chi connectivity index (χ4v) is 1.90. The van der Waals surface area contributed by atoms with Crippen molar-refractivity contribution in [2.75, 3.05) is 4.90 Å². The van der Waals surface area contributed by atoms with Gasteiger partial charge in [0.25, 0.3) is 0 Å². The number of allylic oxidation sites excluding steroid dienone is 3.